The summed E-state index contributed by atoms with van der Waals surface area (Å²) in [6.45, 7) is 7.07. The standard InChI is InChI=1S/C10H9F3N2.C2H6/c1-5-3-4-7-9(15-6(2)14-7)8(5)10(11,12)13;1-2/h3-4H,1-2H3,(H,14,15);1-2H3. The molecule has 94 valence electrons. The van der Waals surface area contributed by atoms with Crippen LogP contribution in [0.4, 0.5) is 13.2 Å². The van der Waals surface area contributed by atoms with E-state index in [1.54, 1.807) is 13.0 Å². The van der Waals surface area contributed by atoms with Crippen molar-refractivity contribution in [1.29, 1.82) is 0 Å². The van der Waals surface area contributed by atoms with Gasteiger partial charge in [-0.25, -0.2) is 4.98 Å². The topological polar surface area (TPSA) is 28.7 Å². The zero-order valence-electron chi connectivity index (χ0n) is 10.2. The SMILES string of the molecule is CC.Cc1nc2c(C(F)(F)F)c(C)ccc2[nH]1. The molecule has 1 aromatic carbocycles. The summed E-state index contributed by atoms with van der Waals surface area (Å²) in [5, 5.41) is 0. The van der Waals surface area contributed by atoms with Crippen LogP contribution in [0, 0.1) is 13.8 Å². The average Bonchev–Trinajstić information content (AvgIpc) is 2.58. The van der Waals surface area contributed by atoms with E-state index in [0.29, 0.717) is 11.3 Å². The molecule has 0 amide bonds. The number of hydrogen-bond donors (Lipinski definition) is 1. The van der Waals surface area contributed by atoms with Gasteiger partial charge in [-0.3, -0.25) is 0 Å². The fourth-order valence-electron chi connectivity index (χ4n) is 1.66. The van der Waals surface area contributed by atoms with Gasteiger partial charge in [0.25, 0.3) is 0 Å². The van der Waals surface area contributed by atoms with Crippen molar-refractivity contribution in [1.82, 2.24) is 9.97 Å². The van der Waals surface area contributed by atoms with E-state index in [0.717, 1.165) is 0 Å². The zero-order chi connectivity index (χ0) is 13.2. The number of fused-ring (bicyclic) bond motifs is 1. The monoisotopic (exact) mass is 244 g/mol. The lowest BCUT2D eigenvalue weighted by atomic mass is 10.1. The number of nitrogens with zero attached hydrogens (tertiary/aromatic N) is 1. The fraction of sp³-hybridized carbons (Fsp3) is 0.417. The third kappa shape index (κ3) is 2.60. The van der Waals surface area contributed by atoms with Gasteiger partial charge in [0.05, 0.1) is 11.1 Å². The summed E-state index contributed by atoms with van der Waals surface area (Å²) in [4.78, 5) is 6.65. The molecule has 0 radical (unpaired) electrons. The molecule has 0 saturated carbocycles. The van der Waals surface area contributed by atoms with E-state index in [9.17, 15) is 13.2 Å². The molecule has 17 heavy (non-hydrogen) atoms. The summed E-state index contributed by atoms with van der Waals surface area (Å²) in [5.74, 6) is 0.487. The predicted octanol–water partition coefficient (Wildman–Crippen LogP) is 4.22. The molecule has 0 aliphatic carbocycles. The first-order valence-corrected chi connectivity index (χ1v) is 5.42. The Morgan fingerprint density at radius 3 is 2.24 bits per heavy atom. The van der Waals surface area contributed by atoms with Gasteiger partial charge in [0.15, 0.2) is 0 Å². The van der Waals surface area contributed by atoms with Crippen LogP contribution < -0.4 is 0 Å². The van der Waals surface area contributed by atoms with Crippen molar-refractivity contribution in [2.75, 3.05) is 0 Å². The maximum absolute atomic E-state index is 12.7. The molecule has 2 nitrogen and oxygen atoms in total. The molecule has 0 atom stereocenters. The van der Waals surface area contributed by atoms with E-state index >= 15 is 0 Å². The van der Waals surface area contributed by atoms with Crippen molar-refractivity contribution >= 4 is 11.0 Å². The highest BCUT2D eigenvalue weighted by Gasteiger charge is 2.35. The van der Waals surface area contributed by atoms with Crippen molar-refractivity contribution in [3.63, 3.8) is 0 Å². The first kappa shape index (κ1) is 13.5. The number of benzene rings is 1. The van der Waals surface area contributed by atoms with Crippen molar-refractivity contribution in [3.05, 3.63) is 29.1 Å². The van der Waals surface area contributed by atoms with Gasteiger partial charge >= 0.3 is 6.18 Å². The number of halogens is 3. The second-order valence-electron chi connectivity index (χ2n) is 3.47. The highest BCUT2D eigenvalue weighted by atomic mass is 19.4. The third-order valence-corrected chi connectivity index (χ3v) is 2.26. The molecule has 1 heterocycles. The number of aryl methyl sites for hydroxylation is 2. The summed E-state index contributed by atoms with van der Waals surface area (Å²) in [5.41, 5.74) is -0.0312. The maximum atomic E-state index is 12.7. The number of nitrogens with one attached hydrogen (secondary N) is 1. The van der Waals surface area contributed by atoms with Crippen LogP contribution in [0.25, 0.3) is 11.0 Å². The molecule has 1 N–H and O–H groups in total. The number of rotatable bonds is 0. The lowest BCUT2D eigenvalue weighted by Crippen LogP contribution is -2.08. The summed E-state index contributed by atoms with van der Waals surface area (Å²) < 4.78 is 38.2. The zero-order valence-corrected chi connectivity index (χ0v) is 10.2. The van der Waals surface area contributed by atoms with Crippen LogP contribution >= 0.6 is 0 Å². The van der Waals surface area contributed by atoms with Crippen LogP contribution in [0.3, 0.4) is 0 Å². The molecular formula is C12H15F3N2. The lowest BCUT2D eigenvalue weighted by Gasteiger charge is -2.10. The van der Waals surface area contributed by atoms with Crippen LogP contribution in [0.5, 0.6) is 0 Å². The molecule has 0 spiro atoms. The van der Waals surface area contributed by atoms with E-state index in [1.165, 1.54) is 13.0 Å². The van der Waals surface area contributed by atoms with E-state index in [4.69, 9.17) is 0 Å². The number of hydrogen-bond acceptors (Lipinski definition) is 1. The molecule has 0 aliphatic rings. The minimum Gasteiger partial charge on any atom is -0.342 e. The second-order valence-corrected chi connectivity index (χ2v) is 3.47. The van der Waals surface area contributed by atoms with Crippen molar-refractivity contribution in [3.8, 4) is 0 Å². The highest BCUT2D eigenvalue weighted by molar-refractivity contribution is 5.80. The average molecular weight is 244 g/mol. The Morgan fingerprint density at radius 2 is 1.71 bits per heavy atom. The van der Waals surface area contributed by atoms with E-state index in [1.807, 2.05) is 13.8 Å². The van der Waals surface area contributed by atoms with Gasteiger partial charge in [-0.05, 0) is 25.5 Å². The minimum absolute atomic E-state index is 0.000000000000000444. The number of aromatic amines is 1. The van der Waals surface area contributed by atoms with Crippen molar-refractivity contribution < 1.29 is 13.2 Å². The Balaban J connectivity index is 0.000000686. The Kier molecular flexibility index (Phi) is 3.80. The predicted molar refractivity (Wildman–Crippen MR) is 61.9 cm³/mol. The van der Waals surface area contributed by atoms with Gasteiger partial charge in [0, 0.05) is 0 Å². The fourth-order valence-corrected chi connectivity index (χ4v) is 1.66. The maximum Gasteiger partial charge on any atom is 0.418 e. The van der Waals surface area contributed by atoms with Gasteiger partial charge < -0.3 is 4.98 Å². The quantitative estimate of drug-likeness (QED) is 0.738. The van der Waals surface area contributed by atoms with E-state index < -0.39 is 11.7 Å². The largest absolute Gasteiger partial charge is 0.418 e. The second kappa shape index (κ2) is 4.77. The summed E-state index contributed by atoms with van der Waals surface area (Å²) >= 11 is 0. The first-order valence-electron chi connectivity index (χ1n) is 5.42. The van der Waals surface area contributed by atoms with Gasteiger partial charge in [0.2, 0.25) is 0 Å². The van der Waals surface area contributed by atoms with Crippen molar-refractivity contribution in [2.45, 2.75) is 33.9 Å². The molecule has 2 rings (SSSR count). The normalized spacial score (nSPS) is 11.2. The van der Waals surface area contributed by atoms with Gasteiger partial charge in [-0.2, -0.15) is 13.2 Å². The van der Waals surface area contributed by atoms with Gasteiger partial charge in [0.1, 0.15) is 11.3 Å². The molecule has 0 aliphatic heterocycles. The number of H-pyrrole nitrogens is 1. The number of alkyl halides is 3. The highest BCUT2D eigenvalue weighted by Crippen LogP contribution is 2.36. The molecule has 0 unspecified atom stereocenters. The summed E-state index contributed by atoms with van der Waals surface area (Å²) in [7, 11) is 0. The molecule has 0 fully saturated rings. The van der Waals surface area contributed by atoms with Crippen LogP contribution in [0.15, 0.2) is 12.1 Å². The Labute approximate surface area is 97.9 Å². The van der Waals surface area contributed by atoms with Gasteiger partial charge in [-0.15, -0.1) is 0 Å². The third-order valence-electron chi connectivity index (χ3n) is 2.26. The molecule has 0 bridgehead atoms. The lowest BCUT2D eigenvalue weighted by molar-refractivity contribution is -0.136. The summed E-state index contributed by atoms with van der Waals surface area (Å²) in [6, 6.07) is 3.06. The smallest absolute Gasteiger partial charge is 0.342 e. The molecular weight excluding hydrogens is 229 g/mol. The molecule has 0 saturated heterocycles. The van der Waals surface area contributed by atoms with E-state index in [-0.39, 0.29) is 11.1 Å². The van der Waals surface area contributed by atoms with E-state index in [2.05, 4.69) is 9.97 Å². The Morgan fingerprint density at radius 1 is 1.12 bits per heavy atom. The van der Waals surface area contributed by atoms with Crippen LogP contribution in [-0.4, -0.2) is 9.97 Å². The Bertz CT molecular complexity index is 512. The Hall–Kier alpha value is -1.52. The van der Waals surface area contributed by atoms with Crippen LogP contribution in [0.1, 0.15) is 30.8 Å². The van der Waals surface area contributed by atoms with Crippen LogP contribution in [0.2, 0.25) is 0 Å². The first-order chi connectivity index (χ1) is 7.89. The molecule has 2 aromatic rings. The molecule has 5 heteroatoms. The van der Waals surface area contributed by atoms with Gasteiger partial charge in [-0.1, -0.05) is 19.9 Å². The minimum atomic E-state index is -4.36. The van der Waals surface area contributed by atoms with Crippen molar-refractivity contribution in [2.24, 2.45) is 0 Å². The number of aromatic nitrogens is 2. The van der Waals surface area contributed by atoms with Crippen LogP contribution in [-0.2, 0) is 6.18 Å². The summed E-state index contributed by atoms with van der Waals surface area (Å²) in [6.07, 6.45) is -4.36. The number of imidazole rings is 1. The molecule has 1 aromatic heterocycles.